The number of rotatable bonds is 6. The number of hydrogen-bond donors (Lipinski definition) is 1. The van der Waals surface area contributed by atoms with Gasteiger partial charge in [0.1, 0.15) is 12.4 Å². The summed E-state index contributed by atoms with van der Waals surface area (Å²) in [6.07, 6.45) is 2.20. The van der Waals surface area contributed by atoms with Gasteiger partial charge in [-0.2, -0.15) is 0 Å². The maximum Gasteiger partial charge on any atom is 0.119 e. The van der Waals surface area contributed by atoms with Crippen LogP contribution in [0.3, 0.4) is 0 Å². The summed E-state index contributed by atoms with van der Waals surface area (Å²) < 4.78 is 5.79. The zero-order valence-corrected chi connectivity index (χ0v) is 13.0. The Kier molecular flexibility index (Phi) is 5.59. The molecule has 2 heteroatoms. The number of nitrogens with one attached hydrogen (secondary N) is 1. The molecule has 2 rings (SSSR count). The molecule has 0 aromatic heterocycles. The highest BCUT2D eigenvalue weighted by molar-refractivity contribution is 5.54. The lowest BCUT2D eigenvalue weighted by Gasteiger charge is -2.11. The Bertz CT molecular complexity index is 572. The highest BCUT2D eigenvalue weighted by atomic mass is 16.5. The standard InChI is InChI=1S/C19H23NO/c1-15(16(2)20-3)13-17-9-11-19(12-10-17)21-14-18-7-5-4-6-8-18/h4-13,16,20H,14H2,1-3H3/b15-13+. The second-order valence-electron chi connectivity index (χ2n) is 5.24. The highest BCUT2D eigenvalue weighted by Crippen LogP contribution is 2.16. The van der Waals surface area contributed by atoms with Crippen molar-refractivity contribution in [2.75, 3.05) is 7.05 Å². The molecule has 21 heavy (non-hydrogen) atoms. The van der Waals surface area contributed by atoms with Gasteiger partial charge in [-0.3, -0.25) is 0 Å². The minimum atomic E-state index is 0.388. The van der Waals surface area contributed by atoms with Crippen molar-refractivity contribution in [3.8, 4) is 5.75 Å². The van der Waals surface area contributed by atoms with Gasteiger partial charge < -0.3 is 10.1 Å². The largest absolute Gasteiger partial charge is 0.489 e. The molecular weight excluding hydrogens is 258 g/mol. The average Bonchev–Trinajstić information content (AvgIpc) is 2.54. The Hall–Kier alpha value is -2.06. The van der Waals surface area contributed by atoms with Crippen LogP contribution in [0, 0.1) is 0 Å². The van der Waals surface area contributed by atoms with Crippen molar-refractivity contribution in [3.63, 3.8) is 0 Å². The first kappa shape index (κ1) is 15.3. The van der Waals surface area contributed by atoms with E-state index in [0.717, 1.165) is 5.75 Å². The van der Waals surface area contributed by atoms with Gasteiger partial charge in [0.05, 0.1) is 0 Å². The smallest absolute Gasteiger partial charge is 0.119 e. The summed E-state index contributed by atoms with van der Waals surface area (Å²) >= 11 is 0. The van der Waals surface area contributed by atoms with Gasteiger partial charge in [-0.05, 0) is 44.2 Å². The maximum atomic E-state index is 5.79. The summed E-state index contributed by atoms with van der Waals surface area (Å²) in [6, 6.07) is 18.8. The van der Waals surface area contributed by atoms with Crippen molar-refractivity contribution in [2.24, 2.45) is 0 Å². The third-order valence-electron chi connectivity index (χ3n) is 3.64. The van der Waals surface area contributed by atoms with Crippen LogP contribution in [0.5, 0.6) is 5.75 Å². The predicted octanol–water partition coefficient (Wildman–Crippen LogP) is 4.28. The SMILES string of the molecule is CNC(C)/C(C)=C/c1ccc(OCc2ccccc2)cc1. The molecule has 0 bridgehead atoms. The number of benzene rings is 2. The molecule has 0 amide bonds. The second-order valence-corrected chi connectivity index (χ2v) is 5.24. The predicted molar refractivity (Wildman–Crippen MR) is 89.4 cm³/mol. The Morgan fingerprint density at radius 3 is 2.38 bits per heavy atom. The minimum Gasteiger partial charge on any atom is -0.489 e. The lowest BCUT2D eigenvalue weighted by Crippen LogP contribution is -2.21. The fourth-order valence-electron chi connectivity index (χ4n) is 2.02. The minimum absolute atomic E-state index is 0.388. The van der Waals surface area contributed by atoms with Crippen LogP contribution >= 0.6 is 0 Å². The van der Waals surface area contributed by atoms with Crippen molar-refractivity contribution in [2.45, 2.75) is 26.5 Å². The van der Waals surface area contributed by atoms with Gasteiger partial charge in [0.2, 0.25) is 0 Å². The molecule has 1 atom stereocenters. The molecule has 0 aliphatic carbocycles. The molecule has 0 aliphatic rings. The van der Waals surface area contributed by atoms with E-state index in [1.54, 1.807) is 0 Å². The van der Waals surface area contributed by atoms with E-state index in [4.69, 9.17) is 4.74 Å². The summed E-state index contributed by atoms with van der Waals surface area (Å²) in [5.74, 6) is 0.898. The Morgan fingerprint density at radius 1 is 1.10 bits per heavy atom. The highest BCUT2D eigenvalue weighted by Gasteiger charge is 2.01. The normalized spacial score (nSPS) is 13.0. The van der Waals surface area contributed by atoms with E-state index >= 15 is 0 Å². The van der Waals surface area contributed by atoms with Crippen molar-refractivity contribution < 1.29 is 4.74 Å². The van der Waals surface area contributed by atoms with E-state index in [2.05, 4.69) is 49.5 Å². The molecule has 0 spiro atoms. The van der Waals surface area contributed by atoms with E-state index in [9.17, 15) is 0 Å². The van der Waals surface area contributed by atoms with Gasteiger partial charge in [0, 0.05) is 6.04 Å². The van der Waals surface area contributed by atoms with E-state index in [-0.39, 0.29) is 0 Å². The summed E-state index contributed by atoms with van der Waals surface area (Å²) in [6.45, 7) is 4.90. The van der Waals surface area contributed by atoms with Crippen LogP contribution in [0.4, 0.5) is 0 Å². The quantitative estimate of drug-likeness (QED) is 0.853. The van der Waals surface area contributed by atoms with Crippen LogP contribution in [-0.2, 0) is 6.61 Å². The third-order valence-corrected chi connectivity index (χ3v) is 3.64. The molecule has 0 heterocycles. The van der Waals surface area contributed by atoms with Crippen LogP contribution in [0.25, 0.3) is 6.08 Å². The van der Waals surface area contributed by atoms with E-state index < -0.39 is 0 Å². The average molecular weight is 281 g/mol. The van der Waals surface area contributed by atoms with Crippen LogP contribution in [0.1, 0.15) is 25.0 Å². The lowest BCUT2D eigenvalue weighted by atomic mass is 10.1. The molecule has 0 radical (unpaired) electrons. The molecule has 0 saturated heterocycles. The molecule has 1 unspecified atom stereocenters. The van der Waals surface area contributed by atoms with Crippen LogP contribution in [0.15, 0.2) is 60.2 Å². The van der Waals surface area contributed by atoms with Crippen molar-refractivity contribution in [1.29, 1.82) is 0 Å². The van der Waals surface area contributed by atoms with Gasteiger partial charge in [0.25, 0.3) is 0 Å². The molecule has 1 N–H and O–H groups in total. The van der Waals surface area contributed by atoms with Crippen LogP contribution < -0.4 is 10.1 Å². The van der Waals surface area contributed by atoms with Crippen molar-refractivity contribution in [1.82, 2.24) is 5.32 Å². The lowest BCUT2D eigenvalue weighted by molar-refractivity contribution is 0.306. The number of ether oxygens (including phenoxy) is 1. The maximum absolute atomic E-state index is 5.79. The number of hydrogen-bond acceptors (Lipinski definition) is 2. The van der Waals surface area contributed by atoms with Gasteiger partial charge in [-0.1, -0.05) is 54.1 Å². The summed E-state index contributed by atoms with van der Waals surface area (Å²) in [7, 11) is 1.97. The van der Waals surface area contributed by atoms with E-state index in [1.165, 1.54) is 16.7 Å². The first-order chi connectivity index (χ1) is 10.2. The molecule has 0 aliphatic heterocycles. The van der Waals surface area contributed by atoms with Crippen molar-refractivity contribution >= 4 is 6.08 Å². The molecule has 0 saturated carbocycles. The Morgan fingerprint density at radius 2 is 1.76 bits per heavy atom. The molecule has 2 nitrogen and oxygen atoms in total. The fourth-order valence-corrected chi connectivity index (χ4v) is 2.02. The molecular formula is C19H23NO. The molecule has 2 aromatic rings. The first-order valence-electron chi connectivity index (χ1n) is 7.31. The molecule has 110 valence electrons. The topological polar surface area (TPSA) is 21.3 Å². The second kappa shape index (κ2) is 7.65. The summed E-state index contributed by atoms with van der Waals surface area (Å²) in [4.78, 5) is 0. The fraction of sp³-hybridized carbons (Fsp3) is 0.263. The molecule has 2 aromatic carbocycles. The van der Waals surface area contributed by atoms with E-state index in [1.807, 2.05) is 37.4 Å². The van der Waals surface area contributed by atoms with E-state index in [0.29, 0.717) is 12.6 Å². The van der Waals surface area contributed by atoms with Gasteiger partial charge >= 0.3 is 0 Å². The van der Waals surface area contributed by atoms with Crippen LogP contribution in [-0.4, -0.2) is 13.1 Å². The summed E-state index contributed by atoms with van der Waals surface area (Å²) in [5.41, 5.74) is 3.69. The number of likely N-dealkylation sites (N-methyl/N-ethyl adjacent to an activating group) is 1. The van der Waals surface area contributed by atoms with Gasteiger partial charge in [-0.25, -0.2) is 0 Å². The summed E-state index contributed by atoms with van der Waals surface area (Å²) in [5, 5.41) is 3.24. The van der Waals surface area contributed by atoms with Gasteiger partial charge in [-0.15, -0.1) is 0 Å². The molecule has 0 fully saturated rings. The van der Waals surface area contributed by atoms with Crippen LogP contribution in [0.2, 0.25) is 0 Å². The van der Waals surface area contributed by atoms with Crippen molar-refractivity contribution in [3.05, 3.63) is 71.3 Å². The van der Waals surface area contributed by atoms with Gasteiger partial charge in [0.15, 0.2) is 0 Å². The Balaban J connectivity index is 1.96. The first-order valence-corrected chi connectivity index (χ1v) is 7.31. The third kappa shape index (κ3) is 4.76. The zero-order chi connectivity index (χ0) is 15.1. The Labute approximate surface area is 127 Å². The monoisotopic (exact) mass is 281 g/mol. The zero-order valence-electron chi connectivity index (χ0n) is 13.0.